The Balaban J connectivity index is 1.44. The van der Waals surface area contributed by atoms with Gasteiger partial charge in [0.05, 0.1) is 17.1 Å². The Kier molecular flexibility index (Phi) is 4.21. The van der Waals surface area contributed by atoms with E-state index in [0.29, 0.717) is 10.8 Å². The van der Waals surface area contributed by atoms with Gasteiger partial charge in [0.25, 0.3) is 5.91 Å². The highest BCUT2D eigenvalue weighted by molar-refractivity contribution is 6.30. The van der Waals surface area contributed by atoms with Crippen molar-refractivity contribution in [3.05, 3.63) is 29.3 Å². The number of amides is 2. The molecule has 0 spiro atoms. The molecule has 1 aromatic carbocycles. The summed E-state index contributed by atoms with van der Waals surface area (Å²) in [5.41, 5.74) is -0.514. The summed E-state index contributed by atoms with van der Waals surface area (Å²) in [6.07, 6.45) is 1.58. The average molecular weight is 352 g/mol. The minimum absolute atomic E-state index is 0.00830. The third-order valence-electron chi connectivity index (χ3n) is 4.95. The summed E-state index contributed by atoms with van der Waals surface area (Å²) in [6, 6.07) is 6.66. The minimum Gasteiger partial charge on any atom is -0.484 e. The molecule has 0 bridgehead atoms. The Morgan fingerprint density at radius 3 is 2.38 bits per heavy atom. The van der Waals surface area contributed by atoms with E-state index >= 15 is 0 Å². The summed E-state index contributed by atoms with van der Waals surface area (Å²) in [6.45, 7) is 1.80. The molecule has 1 unspecified atom stereocenters. The molecule has 0 aromatic heterocycles. The molecule has 1 aromatic rings. The molecule has 3 rings (SSSR count). The molecular formula is C17H22ClN3O3. The second-order valence-corrected chi connectivity index (χ2v) is 7.37. The quantitative estimate of drug-likeness (QED) is 0.774. The maximum atomic E-state index is 12.1. The monoisotopic (exact) mass is 351 g/mol. The highest BCUT2D eigenvalue weighted by atomic mass is 35.5. The number of hydrogen-bond acceptors (Lipinski definition) is 4. The number of carbonyl (C=O) groups is 2. The van der Waals surface area contributed by atoms with Gasteiger partial charge in [-0.25, -0.2) is 0 Å². The molecule has 2 saturated carbocycles. The molecule has 2 aliphatic rings. The molecule has 130 valence electrons. The molecule has 2 N–H and O–H groups in total. The fourth-order valence-corrected chi connectivity index (χ4v) is 2.99. The van der Waals surface area contributed by atoms with Gasteiger partial charge < -0.3 is 15.4 Å². The molecule has 7 heteroatoms. The van der Waals surface area contributed by atoms with Crippen molar-refractivity contribution < 1.29 is 14.3 Å². The number of nitrogens with zero attached hydrogens (tertiary/aromatic N) is 1. The van der Waals surface area contributed by atoms with E-state index in [-0.39, 0.29) is 35.5 Å². The van der Waals surface area contributed by atoms with Crippen LogP contribution < -0.4 is 15.4 Å². The highest BCUT2D eigenvalue weighted by Gasteiger charge is 2.85. The number of likely N-dealkylation sites (N-methyl/N-ethyl adjacent to an activating group) is 1. The molecule has 0 aliphatic heterocycles. The number of halogens is 1. The van der Waals surface area contributed by atoms with E-state index in [4.69, 9.17) is 16.3 Å². The van der Waals surface area contributed by atoms with E-state index in [9.17, 15) is 9.59 Å². The lowest BCUT2D eigenvalue weighted by Gasteiger charge is -2.19. The molecule has 6 nitrogen and oxygen atoms in total. The fraction of sp³-hybridized carbons (Fsp3) is 0.529. The van der Waals surface area contributed by atoms with Gasteiger partial charge in [0.15, 0.2) is 6.61 Å². The van der Waals surface area contributed by atoms with Crippen LogP contribution >= 0.6 is 11.6 Å². The third kappa shape index (κ3) is 3.21. The van der Waals surface area contributed by atoms with Crippen LogP contribution in [-0.2, 0) is 9.59 Å². The van der Waals surface area contributed by atoms with Crippen molar-refractivity contribution in [3.63, 3.8) is 0 Å². The molecular weight excluding hydrogens is 330 g/mol. The van der Waals surface area contributed by atoms with Gasteiger partial charge in [0.2, 0.25) is 5.91 Å². The Bertz CT molecular complexity index is 654. The maximum Gasteiger partial charge on any atom is 0.258 e. The first-order valence-corrected chi connectivity index (χ1v) is 8.33. The van der Waals surface area contributed by atoms with Crippen LogP contribution in [0.4, 0.5) is 0 Å². The van der Waals surface area contributed by atoms with Crippen LogP contribution in [0.2, 0.25) is 5.02 Å². The first kappa shape index (κ1) is 17.0. The van der Waals surface area contributed by atoms with Gasteiger partial charge >= 0.3 is 0 Å². The van der Waals surface area contributed by atoms with Gasteiger partial charge in [0, 0.05) is 5.02 Å². The SMILES string of the molecule is CC(C(=O)NC12CC1(NC(=O)COc1ccc(Cl)cc1)C2)N(C)C. The van der Waals surface area contributed by atoms with Crippen molar-refractivity contribution in [1.82, 2.24) is 15.5 Å². The van der Waals surface area contributed by atoms with Crippen LogP contribution in [0.1, 0.15) is 19.8 Å². The minimum atomic E-state index is -0.269. The number of fused-ring (bicyclic) bond motifs is 1. The van der Waals surface area contributed by atoms with E-state index in [1.807, 2.05) is 25.9 Å². The second kappa shape index (κ2) is 5.93. The van der Waals surface area contributed by atoms with Crippen molar-refractivity contribution in [1.29, 1.82) is 0 Å². The summed E-state index contributed by atoms with van der Waals surface area (Å²) >= 11 is 5.80. The van der Waals surface area contributed by atoms with Crippen LogP contribution in [0.3, 0.4) is 0 Å². The predicted octanol–water partition coefficient (Wildman–Crippen LogP) is 1.19. The molecule has 2 aliphatic carbocycles. The second-order valence-electron chi connectivity index (χ2n) is 6.94. The normalized spacial score (nSPS) is 27.9. The summed E-state index contributed by atoms with van der Waals surface area (Å²) in [7, 11) is 3.73. The Labute approximate surface area is 146 Å². The largest absolute Gasteiger partial charge is 0.484 e. The summed E-state index contributed by atoms with van der Waals surface area (Å²) in [5, 5.41) is 6.66. The van der Waals surface area contributed by atoms with Crippen molar-refractivity contribution in [2.45, 2.75) is 36.9 Å². The number of hydrogen-bond donors (Lipinski definition) is 2. The molecule has 1 atom stereocenters. The van der Waals surface area contributed by atoms with E-state index < -0.39 is 0 Å². The summed E-state index contributed by atoms with van der Waals surface area (Å²) in [5.74, 6) is 0.406. The standard InChI is InChI=1S/C17H22ClN3O3/c1-11(21(2)3)15(23)20-17-9-16(17,10-17)19-14(22)8-24-13-6-4-12(18)5-7-13/h4-7,11H,8-10H2,1-3H3,(H,19,22)(H,20,23). The van der Waals surface area contributed by atoms with E-state index in [1.54, 1.807) is 24.3 Å². The first-order chi connectivity index (χ1) is 11.3. The number of carbonyl (C=O) groups excluding carboxylic acids is 2. The van der Waals surface area contributed by atoms with E-state index in [2.05, 4.69) is 10.6 Å². The third-order valence-corrected chi connectivity index (χ3v) is 5.20. The molecule has 24 heavy (non-hydrogen) atoms. The van der Waals surface area contributed by atoms with Gasteiger partial charge in [-0.1, -0.05) is 11.6 Å². The first-order valence-electron chi connectivity index (χ1n) is 7.95. The van der Waals surface area contributed by atoms with Gasteiger partial charge in [-0.3, -0.25) is 14.5 Å². The van der Waals surface area contributed by atoms with Crippen LogP contribution in [-0.4, -0.2) is 54.5 Å². The van der Waals surface area contributed by atoms with Crippen LogP contribution in [0.5, 0.6) is 5.75 Å². The Morgan fingerprint density at radius 1 is 1.21 bits per heavy atom. The fourth-order valence-electron chi connectivity index (χ4n) is 2.86. The number of benzene rings is 1. The summed E-state index contributed by atoms with van der Waals surface area (Å²) in [4.78, 5) is 26.0. The zero-order valence-corrected chi connectivity index (χ0v) is 14.8. The van der Waals surface area contributed by atoms with Gasteiger partial charge in [-0.15, -0.1) is 0 Å². The zero-order chi connectivity index (χ0) is 17.5. The van der Waals surface area contributed by atoms with Crippen LogP contribution in [0, 0.1) is 0 Å². The molecule has 2 amide bonds. The average Bonchev–Trinajstić information content (AvgIpc) is 3.31. The lowest BCUT2D eigenvalue weighted by atomic mass is 10.2. The predicted molar refractivity (Wildman–Crippen MR) is 91.1 cm³/mol. The van der Waals surface area contributed by atoms with Crippen molar-refractivity contribution >= 4 is 23.4 Å². The molecule has 0 radical (unpaired) electrons. The Morgan fingerprint density at radius 2 is 1.79 bits per heavy atom. The molecule has 2 fully saturated rings. The number of nitrogens with one attached hydrogen (secondary N) is 2. The lowest BCUT2D eigenvalue weighted by molar-refractivity contribution is -0.126. The van der Waals surface area contributed by atoms with Crippen molar-refractivity contribution in [2.24, 2.45) is 0 Å². The highest BCUT2D eigenvalue weighted by Crippen LogP contribution is 2.70. The van der Waals surface area contributed by atoms with Gasteiger partial charge in [0.1, 0.15) is 5.75 Å². The smallest absolute Gasteiger partial charge is 0.258 e. The topological polar surface area (TPSA) is 70.7 Å². The number of rotatable bonds is 7. The van der Waals surface area contributed by atoms with Crippen molar-refractivity contribution in [2.75, 3.05) is 20.7 Å². The van der Waals surface area contributed by atoms with Gasteiger partial charge in [-0.05, 0) is 58.1 Å². The maximum absolute atomic E-state index is 12.1. The zero-order valence-electron chi connectivity index (χ0n) is 14.1. The summed E-state index contributed by atoms with van der Waals surface area (Å²) < 4.78 is 5.43. The van der Waals surface area contributed by atoms with Gasteiger partial charge in [-0.2, -0.15) is 0 Å². The Hall–Kier alpha value is -1.79. The van der Waals surface area contributed by atoms with Crippen LogP contribution in [0.15, 0.2) is 24.3 Å². The lowest BCUT2D eigenvalue weighted by Crippen LogP contribution is -2.45. The van der Waals surface area contributed by atoms with Crippen molar-refractivity contribution in [3.8, 4) is 5.75 Å². The van der Waals surface area contributed by atoms with E-state index in [0.717, 1.165) is 12.8 Å². The molecule has 0 heterocycles. The number of ether oxygens (including phenoxy) is 1. The van der Waals surface area contributed by atoms with Crippen LogP contribution in [0.25, 0.3) is 0 Å². The van der Waals surface area contributed by atoms with E-state index in [1.165, 1.54) is 0 Å². The molecule has 0 saturated heterocycles.